The van der Waals surface area contributed by atoms with Crippen LogP contribution in [0.15, 0.2) is 71.7 Å². The average molecular weight is 1160 g/mol. The van der Waals surface area contributed by atoms with Crippen molar-refractivity contribution < 1.29 is 66.7 Å². The molecule has 4 atom stereocenters. The second-order valence-corrected chi connectivity index (χ2v) is 21.5. The van der Waals surface area contributed by atoms with E-state index in [1.165, 1.54) is 15.5 Å². The number of amides is 8. The van der Waals surface area contributed by atoms with E-state index in [1.807, 2.05) is 29.0 Å². The summed E-state index contributed by atoms with van der Waals surface area (Å²) in [6, 6.07) is 15.7. The first-order valence-corrected chi connectivity index (χ1v) is 28.3. The Hall–Kier alpha value is -8.77. The predicted octanol–water partition coefficient (Wildman–Crippen LogP) is 1.28. The Labute approximate surface area is 482 Å². The average Bonchev–Trinajstić information content (AvgIpc) is 1.79. The van der Waals surface area contributed by atoms with E-state index in [9.17, 15) is 53.1 Å². The van der Waals surface area contributed by atoms with Crippen LogP contribution in [0.2, 0.25) is 0 Å². The number of rotatable bonds is 25. The van der Waals surface area contributed by atoms with Gasteiger partial charge in [0, 0.05) is 85.9 Å². The molecule has 1 saturated heterocycles. The fourth-order valence-corrected chi connectivity index (χ4v) is 11.3. The number of fused-ring (bicyclic) bond motifs is 5. The summed E-state index contributed by atoms with van der Waals surface area (Å²) in [7, 11) is 0. The van der Waals surface area contributed by atoms with Crippen LogP contribution in [-0.4, -0.2) is 118 Å². The highest BCUT2D eigenvalue weighted by molar-refractivity contribution is 6.03. The number of halogens is 1. The second-order valence-electron chi connectivity index (χ2n) is 21.5. The van der Waals surface area contributed by atoms with E-state index >= 15 is 4.39 Å². The highest BCUT2D eigenvalue weighted by atomic mass is 19.1. The summed E-state index contributed by atoms with van der Waals surface area (Å²) in [4.78, 5) is 136. The zero-order valence-electron chi connectivity index (χ0n) is 47.0. The lowest BCUT2D eigenvalue weighted by molar-refractivity contribution is -0.704. The summed E-state index contributed by atoms with van der Waals surface area (Å²) >= 11 is 0. The second kappa shape index (κ2) is 26.2. The van der Waals surface area contributed by atoms with Crippen molar-refractivity contribution in [3.63, 3.8) is 0 Å². The number of hydrogen-bond donors (Lipinski definition) is 7. The number of hydrogen-bond acceptors (Lipinski definition) is 14. The van der Waals surface area contributed by atoms with Crippen molar-refractivity contribution in [2.75, 3.05) is 39.5 Å². The number of pyridine rings is 3. The van der Waals surface area contributed by atoms with Crippen molar-refractivity contribution in [1.29, 1.82) is 0 Å². The van der Waals surface area contributed by atoms with E-state index in [1.54, 1.807) is 57.2 Å². The lowest BCUT2D eigenvalue weighted by atomic mass is 9.81. The molecule has 8 amide bonds. The third kappa shape index (κ3) is 13.2. The first kappa shape index (κ1) is 59.8. The van der Waals surface area contributed by atoms with E-state index in [0.717, 1.165) is 16.8 Å². The van der Waals surface area contributed by atoms with Gasteiger partial charge in [0.15, 0.2) is 17.5 Å². The molecule has 2 aromatic carbocycles. The molecule has 0 saturated carbocycles. The summed E-state index contributed by atoms with van der Waals surface area (Å²) < 4.78 is 29.7. The lowest BCUT2D eigenvalue weighted by Gasteiger charge is -2.31. The maximum absolute atomic E-state index is 15.4. The molecule has 7 N–H and O–H groups in total. The van der Waals surface area contributed by atoms with Crippen molar-refractivity contribution in [3.8, 4) is 11.4 Å². The molecule has 24 heteroatoms. The van der Waals surface area contributed by atoms with Gasteiger partial charge in [-0.15, -0.1) is 0 Å². The highest BCUT2D eigenvalue weighted by Crippen LogP contribution is 2.46. The Morgan fingerprint density at radius 1 is 0.881 bits per heavy atom. The molecule has 23 nitrogen and oxygen atoms in total. The number of esters is 1. The summed E-state index contributed by atoms with van der Waals surface area (Å²) in [6.07, 6.45) is 4.31. The van der Waals surface area contributed by atoms with Gasteiger partial charge >= 0.3 is 5.97 Å². The van der Waals surface area contributed by atoms with Gasteiger partial charge in [0.2, 0.25) is 47.3 Å². The maximum Gasteiger partial charge on any atom is 0.343 e. The third-order valence-corrected chi connectivity index (χ3v) is 15.9. The number of aliphatic hydroxyl groups is 1. The SMILES string of the molecule is CC[C@@]1(O)C(=O)OCc2c1cc1n(c2=O)Cc2c-1nc1cc(F)c(C)c3c1c2[C@@H](NC(=O)CCCOCNC(=O)CNC(=O)[C@H](Cc1ccccc1)NC(=O)CNC(=O)CNC(=O)CCC[n+]1ccccc1CCN1C(=O)CC(C)C1=O)CC3. The molecule has 5 aromatic rings. The summed E-state index contributed by atoms with van der Waals surface area (Å²) in [5, 5.41) is 27.9. The van der Waals surface area contributed by atoms with Crippen LogP contribution in [0.3, 0.4) is 0 Å². The van der Waals surface area contributed by atoms with Gasteiger partial charge in [0.05, 0.1) is 61.1 Å². The number of imide groups is 1. The van der Waals surface area contributed by atoms with E-state index < -0.39 is 78.3 Å². The van der Waals surface area contributed by atoms with Crippen molar-refractivity contribution in [3.05, 3.63) is 128 Å². The maximum atomic E-state index is 15.4. The molecule has 1 fully saturated rings. The van der Waals surface area contributed by atoms with Crippen LogP contribution in [0.4, 0.5) is 4.39 Å². The van der Waals surface area contributed by atoms with Gasteiger partial charge in [-0.2, -0.15) is 0 Å². The molecule has 442 valence electrons. The van der Waals surface area contributed by atoms with Gasteiger partial charge in [-0.05, 0) is 60.9 Å². The zero-order valence-corrected chi connectivity index (χ0v) is 47.0. The number of likely N-dealkylation sites (tertiary alicyclic amines) is 1. The first-order chi connectivity index (χ1) is 40.3. The van der Waals surface area contributed by atoms with Crippen molar-refractivity contribution in [1.82, 2.24) is 46.4 Å². The third-order valence-electron chi connectivity index (χ3n) is 15.9. The molecule has 6 heterocycles. The molecule has 0 radical (unpaired) electrons. The minimum Gasteiger partial charge on any atom is -0.458 e. The van der Waals surface area contributed by atoms with Crippen molar-refractivity contribution in [2.45, 2.75) is 122 Å². The highest BCUT2D eigenvalue weighted by Gasteiger charge is 2.46. The number of nitrogens with one attached hydrogen (secondary N) is 6. The van der Waals surface area contributed by atoms with Crippen LogP contribution < -0.4 is 42.0 Å². The van der Waals surface area contributed by atoms with Gasteiger partial charge in [0.1, 0.15) is 31.7 Å². The quantitative estimate of drug-likeness (QED) is 0.0140. The molecule has 84 heavy (non-hydrogen) atoms. The van der Waals surface area contributed by atoms with Gasteiger partial charge in [-0.25, -0.2) is 18.7 Å². The summed E-state index contributed by atoms with van der Waals surface area (Å²) in [5.41, 5.74) is 3.17. The summed E-state index contributed by atoms with van der Waals surface area (Å²) in [5.74, 6) is -5.25. The molecule has 0 bridgehead atoms. The van der Waals surface area contributed by atoms with Crippen molar-refractivity contribution in [2.24, 2.45) is 5.92 Å². The lowest BCUT2D eigenvalue weighted by Crippen LogP contribution is -2.52. The van der Waals surface area contributed by atoms with Crippen LogP contribution in [0.1, 0.15) is 109 Å². The largest absolute Gasteiger partial charge is 0.458 e. The fraction of sp³-hybridized carbons (Fsp3) is 0.433. The Kier molecular flexibility index (Phi) is 18.7. The number of carbonyl (C=O) groups excluding carboxylic acids is 9. The Bertz CT molecular complexity index is 3520. The van der Waals surface area contributed by atoms with Gasteiger partial charge in [-0.1, -0.05) is 50.2 Å². The number of ether oxygens (including phenoxy) is 2. The predicted molar refractivity (Wildman–Crippen MR) is 298 cm³/mol. The van der Waals surface area contributed by atoms with Crippen LogP contribution in [-0.2, 0) is 97.2 Å². The van der Waals surface area contributed by atoms with Gasteiger partial charge in [0.25, 0.3) is 5.56 Å². The Morgan fingerprint density at radius 3 is 2.37 bits per heavy atom. The van der Waals surface area contributed by atoms with Crippen molar-refractivity contribution >= 4 is 64.1 Å². The topological polar surface area (TPSA) is 307 Å². The first-order valence-electron chi connectivity index (χ1n) is 28.3. The van der Waals surface area contributed by atoms with E-state index in [4.69, 9.17) is 14.5 Å². The monoisotopic (exact) mass is 1160 g/mol. The van der Waals surface area contributed by atoms with Crippen LogP contribution >= 0.6 is 0 Å². The number of benzene rings is 2. The normalized spacial score (nSPS) is 17.8. The van der Waals surface area contributed by atoms with Crippen LogP contribution in [0, 0.1) is 18.7 Å². The molecule has 3 aliphatic heterocycles. The molecule has 1 unspecified atom stereocenters. The minimum absolute atomic E-state index is 0.0341. The Balaban J connectivity index is 0.698. The number of aromatic nitrogens is 3. The molecule has 0 spiro atoms. The Morgan fingerprint density at radius 2 is 1.61 bits per heavy atom. The van der Waals surface area contributed by atoms with Crippen LogP contribution in [0.25, 0.3) is 22.3 Å². The van der Waals surface area contributed by atoms with E-state index in [0.29, 0.717) is 71.2 Å². The van der Waals surface area contributed by atoms with E-state index in [-0.39, 0.29) is 112 Å². The molecule has 9 rings (SSSR count). The van der Waals surface area contributed by atoms with Gasteiger partial charge in [-0.3, -0.25) is 48.1 Å². The fourth-order valence-electron chi connectivity index (χ4n) is 11.3. The minimum atomic E-state index is -2.03. The number of cyclic esters (lactones) is 1. The van der Waals surface area contributed by atoms with Crippen LogP contribution in [0.5, 0.6) is 0 Å². The zero-order chi connectivity index (χ0) is 59.8. The molecule has 4 aliphatic rings. The van der Waals surface area contributed by atoms with E-state index in [2.05, 4.69) is 31.9 Å². The molecular formula is C60H68FN10O13+. The number of carbonyl (C=O) groups is 9. The smallest absolute Gasteiger partial charge is 0.343 e. The van der Waals surface area contributed by atoms with Gasteiger partial charge < -0.3 is 51.0 Å². The molecule has 3 aromatic heterocycles. The number of aryl methyl sites for hydroxylation is 2. The molecular weight excluding hydrogens is 1090 g/mol. The standard InChI is InChI=1S/C60H67FN10O13/c1-4-60(82)41-26-46-55-39(31-71(46)58(80)40(41)32-84-59(60)81)54-43(18-17-38-35(3)42(61)27-44(68-55)53(38)54)66-48(73)16-11-23-83-33-65-50(75)29-64-56(78)45(25-36-12-6-5-7-13-36)67-51(76)30-63-49(74)28-62-47(72)15-10-21-69-20-9-8-14-37(69)19-22-70-52(77)24-34(2)57(70)79/h5-9,12-14,20,26-27,34,43,45,82H,4,10-11,15-19,21-25,28-33H2,1-3H3,(H5-,62,63,64,65,66,67,72,73,74,75,76,78)/p+1/t34?,43-,45-,60-/m0/s1. The summed E-state index contributed by atoms with van der Waals surface area (Å²) in [6.45, 7) is 4.07. The number of nitrogens with zero attached hydrogens (tertiary/aromatic N) is 4. The molecule has 1 aliphatic carbocycles.